The number of imidazole rings is 1. The monoisotopic (exact) mass is 480 g/mol. The molecule has 0 aliphatic rings. The Kier molecular flexibility index (Phi) is 5.79. The van der Waals surface area contributed by atoms with Crippen LogP contribution in [0.25, 0.3) is 16.0 Å². The van der Waals surface area contributed by atoms with Gasteiger partial charge in [-0.25, -0.2) is 14.2 Å². The highest BCUT2D eigenvalue weighted by atomic mass is 35.5. The van der Waals surface area contributed by atoms with Crippen molar-refractivity contribution in [3.63, 3.8) is 0 Å². The van der Waals surface area contributed by atoms with Gasteiger partial charge in [-0.1, -0.05) is 29.3 Å². The minimum atomic E-state index is -0.832. The van der Waals surface area contributed by atoms with Gasteiger partial charge >= 0.3 is 5.97 Å². The summed E-state index contributed by atoms with van der Waals surface area (Å²) in [7, 11) is 1.28. The van der Waals surface area contributed by atoms with Crippen LogP contribution in [-0.4, -0.2) is 27.7 Å². The Morgan fingerprint density at radius 1 is 1.26 bits per heavy atom. The van der Waals surface area contributed by atoms with Crippen LogP contribution in [0.5, 0.6) is 11.5 Å². The molecule has 2 heterocycles. The van der Waals surface area contributed by atoms with Crippen LogP contribution in [0.3, 0.4) is 0 Å². The van der Waals surface area contributed by atoms with E-state index in [0.29, 0.717) is 21.1 Å². The fraction of sp³-hybridized carbons (Fsp3) is 0.143. The number of aromatic nitrogens is 2. The first kappa shape index (κ1) is 21.4. The molecule has 2 aromatic carbocycles. The van der Waals surface area contributed by atoms with Crippen LogP contribution in [0.2, 0.25) is 10.0 Å². The zero-order valence-corrected chi connectivity index (χ0v) is 18.6. The molecule has 160 valence electrons. The molecule has 31 heavy (non-hydrogen) atoms. The molecule has 0 spiro atoms. The van der Waals surface area contributed by atoms with Gasteiger partial charge in [0, 0.05) is 16.7 Å². The third-order valence-corrected chi connectivity index (χ3v) is 6.37. The summed E-state index contributed by atoms with van der Waals surface area (Å²) in [5, 5.41) is 10.9. The fourth-order valence-corrected chi connectivity index (χ4v) is 4.56. The molecule has 6 nitrogen and oxygen atoms in total. The standard InChI is InChI=1S/C21H15Cl2FN2O4S/c1-10(12-4-5-13(24)19(27)18(12)23)30-16-8-17(31-20(16)21(28)29-2)26-9-25-14-7-11(22)3-6-15(14)26/h3-10,27H,1-2H3/t10-/m1/s1. The second-order valence-electron chi connectivity index (χ2n) is 6.58. The lowest BCUT2D eigenvalue weighted by Gasteiger charge is -2.17. The molecule has 0 unspecified atom stereocenters. The molecule has 0 amide bonds. The number of benzene rings is 2. The summed E-state index contributed by atoms with van der Waals surface area (Å²) in [6, 6.07) is 9.51. The van der Waals surface area contributed by atoms with Crippen molar-refractivity contribution >= 4 is 51.5 Å². The number of hydrogen-bond acceptors (Lipinski definition) is 6. The van der Waals surface area contributed by atoms with Crippen molar-refractivity contribution < 1.29 is 23.8 Å². The first-order valence-electron chi connectivity index (χ1n) is 8.98. The molecule has 0 bridgehead atoms. The number of phenolic OH excluding ortho intramolecular Hbond substituents is 1. The highest BCUT2D eigenvalue weighted by Crippen LogP contribution is 2.39. The van der Waals surface area contributed by atoms with Gasteiger partial charge in [0.2, 0.25) is 0 Å². The number of carbonyl (C=O) groups excluding carboxylic acids is 1. The summed E-state index contributed by atoms with van der Waals surface area (Å²) in [5.74, 6) is -1.80. The molecule has 2 aromatic heterocycles. The fourth-order valence-electron chi connectivity index (χ4n) is 3.09. The molecule has 0 saturated carbocycles. The second-order valence-corrected chi connectivity index (χ2v) is 8.42. The molecule has 0 fully saturated rings. The summed E-state index contributed by atoms with van der Waals surface area (Å²) in [6.45, 7) is 1.67. The Bertz CT molecular complexity index is 1300. The third kappa shape index (κ3) is 3.94. The van der Waals surface area contributed by atoms with Crippen molar-refractivity contribution in [1.82, 2.24) is 9.55 Å². The van der Waals surface area contributed by atoms with Crippen molar-refractivity contribution in [2.24, 2.45) is 0 Å². The number of aromatic hydroxyl groups is 1. The molecule has 0 saturated heterocycles. The van der Waals surface area contributed by atoms with Gasteiger partial charge in [0.15, 0.2) is 16.4 Å². The minimum absolute atomic E-state index is 0.153. The van der Waals surface area contributed by atoms with Gasteiger partial charge in [0.1, 0.15) is 23.2 Å². The summed E-state index contributed by atoms with van der Waals surface area (Å²) < 4.78 is 26.2. The third-order valence-electron chi connectivity index (χ3n) is 4.64. The van der Waals surface area contributed by atoms with Crippen LogP contribution in [0.15, 0.2) is 42.7 Å². The lowest BCUT2D eigenvalue weighted by atomic mass is 10.1. The number of ether oxygens (including phenoxy) is 2. The number of fused-ring (bicyclic) bond motifs is 1. The summed E-state index contributed by atoms with van der Waals surface area (Å²) in [4.78, 5) is 16.9. The van der Waals surface area contributed by atoms with E-state index >= 15 is 0 Å². The maximum Gasteiger partial charge on any atom is 0.351 e. The lowest BCUT2D eigenvalue weighted by molar-refractivity contribution is 0.0600. The topological polar surface area (TPSA) is 73.6 Å². The van der Waals surface area contributed by atoms with Crippen molar-refractivity contribution in [2.45, 2.75) is 13.0 Å². The first-order chi connectivity index (χ1) is 14.8. The van der Waals surface area contributed by atoms with Crippen molar-refractivity contribution in [3.05, 3.63) is 69.0 Å². The zero-order valence-electron chi connectivity index (χ0n) is 16.2. The van der Waals surface area contributed by atoms with Gasteiger partial charge in [0.05, 0.1) is 23.2 Å². The number of methoxy groups -OCH3 is 1. The Balaban J connectivity index is 1.74. The normalized spacial score (nSPS) is 12.2. The molecule has 10 heteroatoms. The quantitative estimate of drug-likeness (QED) is 0.346. The number of rotatable bonds is 5. The summed E-state index contributed by atoms with van der Waals surface area (Å²) in [6.07, 6.45) is 0.930. The van der Waals surface area contributed by atoms with Crippen LogP contribution in [0.1, 0.15) is 28.3 Å². The zero-order chi connectivity index (χ0) is 22.3. The predicted octanol–water partition coefficient (Wildman–Crippen LogP) is 6.17. The lowest BCUT2D eigenvalue weighted by Crippen LogP contribution is -2.07. The average Bonchev–Trinajstić information content (AvgIpc) is 3.35. The Labute approximate surface area is 190 Å². The molecular weight excluding hydrogens is 466 g/mol. The van der Waals surface area contributed by atoms with E-state index in [1.54, 1.807) is 36.0 Å². The van der Waals surface area contributed by atoms with E-state index in [9.17, 15) is 14.3 Å². The summed E-state index contributed by atoms with van der Waals surface area (Å²) >= 11 is 13.3. The van der Waals surface area contributed by atoms with Gasteiger partial charge < -0.3 is 14.6 Å². The molecule has 0 radical (unpaired) electrons. The van der Waals surface area contributed by atoms with Crippen LogP contribution >= 0.6 is 34.5 Å². The van der Waals surface area contributed by atoms with Crippen molar-refractivity contribution in [2.75, 3.05) is 7.11 Å². The second kappa shape index (κ2) is 8.37. The number of thiophene rings is 1. The number of phenols is 1. The largest absolute Gasteiger partial charge is 0.504 e. The van der Waals surface area contributed by atoms with Crippen LogP contribution in [-0.2, 0) is 4.74 Å². The van der Waals surface area contributed by atoms with E-state index < -0.39 is 23.6 Å². The van der Waals surface area contributed by atoms with E-state index in [0.717, 1.165) is 22.9 Å². The number of carbonyl (C=O) groups is 1. The van der Waals surface area contributed by atoms with Gasteiger partial charge in [-0.05, 0) is 31.2 Å². The maximum atomic E-state index is 13.5. The summed E-state index contributed by atoms with van der Waals surface area (Å²) in [5.41, 5.74) is 1.87. The van der Waals surface area contributed by atoms with Crippen molar-refractivity contribution in [1.29, 1.82) is 0 Å². The highest BCUT2D eigenvalue weighted by molar-refractivity contribution is 7.16. The van der Waals surface area contributed by atoms with Crippen LogP contribution in [0, 0.1) is 5.82 Å². The Morgan fingerprint density at radius 2 is 2.03 bits per heavy atom. The van der Waals surface area contributed by atoms with Crippen LogP contribution < -0.4 is 4.74 Å². The van der Waals surface area contributed by atoms with Crippen LogP contribution in [0.4, 0.5) is 4.39 Å². The van der Waals surface area contributed by atoms with Gasteiger partial charge in [0.25, 0.3) is 0 Å². The molecule has 0 aliphatic heterocycles. The molecule has 1 N–H and O–H groups in total. The maximum absolute atomic E-state index is 13.5. The minimum Gasteiger partial charge on any atom is -0.504 e. The molecular formula is C21H15Cl2FN2O4S. The van der Waals surface area contributed by atoms with Gasteiger partial charge in [-0.3, -0.25) is 4.57 Å². The van der Waals surface area contributed by atoms with Gasteiger partial charge in [-0.2, -0.15) is 0 Å². The van der Waals surface area contributed by atoms with E-state index in [4.69, 9.17) is 32.7 Å². The van der Waals surface area contributed by atoms with E-state index in [2.05, 4.69) is 4.98 Å². The number of nitrogens with zero attached hydrogens (tertiary/aromatic N) is 2. The predicted molar refractivity (Wildman–Crippen MR) is 117 cm³/mol. The Morgan fingerprint density at radius 3 is 2.77 bits per heavy atom. The highest BCUT2D eigenvalue weighted by Gasteiger charge is 2.24. The van der Waals surface area contributed by atoms with Gasteiger partial charge in [-0.15, -0.1) is 11.3 Å². The number of halogens is 3. The van der Waals surface area contributed by atoms with E-state index in [-0.39, 0.29) is 15.6 Å². The Hall–Kier alpha value is -2.81. The molecule has 4 rings (SSSR count). The number of hydrogen-bond donors (Lipinski definition) is 1. The number of esters is 1. The SMILES string of the molecule is COC(=O)c1sc(-n2cnc3cc(Cl)ccc32)cc1O[C@H](C)c1ccc(F)c(O)c1Cl. The molecule has 0 aliphatic carbocycles. The first-order valence-corrected chi connectivity index (χ1v) is 10.6. The van der Waals surface area contributed by atoms with E-state index in [1.165, 1.54) is 13.2 Å². The molecule has 4 aromatic rings. The van der Waals surface area contributed by atoms with Crippen molar-refractivity contribution in [3.8, 4) is 16.5 Å². The van der Waals surface area contributed by atoms with E-state index in [1.807, 2.05) is 6.07 Å². The average molecular weight is 481 g/mol. The molecule has 1 atom stereocenters. The smallest absolute Gasteiger partial charge is 0.351 e.